The fourth-order valence-corrected chi connectivity index (χ4v) is 3.29. The Kier molecular flexibility index (Phi) is 3.52. The van der Waals surface area contributed by atoms with Gasteiger partial charge in [0.1, 0.15) is 12.4 Å². The molecule has 2 heterocycles. The summed E-state index contributed by atoms with van der Waals surface area (Å²) in [7, 11) is 0. The summed E-state index contributed by atoms with van der Waals surface area (Å²) < 4.78 is 17.6. The third-order valence-corrected chi connectivity index (χ3v) is 4.39. The molecule has 4 rings (SSSR count). The zero-order valence-electron chi connectivity index (χ0n) is 13.5. The molecule has 0 aliphatic carbocycles. The van der Waals surface area contributed by atoms with Crippen molar-refractivity contribution in [3.8, 4) is 17.2 Å². The second kappa shape index (κ2) is 5.69. The Morgan fingerprint density at radius 3 is 2.78 bits per heavy atom. The number of hydrogen-bond acceptors (Lipinski definition) is 4. The molecule has 0 amide bonds. The van der Waals surface area contributed by atoms with Crippen LogP contribution >= 0.6 is 0 Å². The topological polar surface area (TPSA) is 39.7 Å². The van der Waals surface area contributed by atoms with Gasteiger partial charge in [-0.05, 0) is 48.2 Å². The van der Waals surface area contributed by atoms with E-state index in [1.807, 2.05) is 24.3 Å². The van der Waals surface area contributed by atoms with Crippen LogP contribution in [0.5, 0.6) is 17.2 Å². The van der Waals surface area contributed by atoms with Crippen molar-refractivity contribution in [1.29, 1.82) is 0 Å². The molecule has 0 saturated carbocycles. The van der Waals surface area contributed by atoms with E-state index in [1.165, 1.54) is 16.7 Å². The summed E-state index contributed by atoms with van der Waals surface area (Å²) >= 11 is 0. The molecular formula is C19H21NO3. The Morgan fingerprint density at radius 1 is 1.09 bits per heavy atom. The van der Waals surface area contributed by atoms with E-state index in [1.54, 1.807) is 0 Å². The second-order valence-electron chi connectivity index (χ2n) is 6.02. The highest BCUT2D eigenvalue weighted by atomic mass is 16.7. The van der Waals surface area contributed by atoms with Crippen LogP contribution in [0.3, 0.4) is 0 Å². The maximum atomic E-state index is 5.96. The van der Waals surface area contributed by atoms with Crippen LogP contribution in [-0.4, -0.2) is 19.4 Å². The van der Waals surface area contributed by atoms with Crippen molar-refractivity contribution < 1.29 is 14.2 Å². The van der Waals surface area contributed by atoms with Crippen molar-refractivity contribution in [2.75, 3.05) is 18.5 Å². The van der Waals surface area contributed by atoms with Crippen LogP contribution in [0.25, 0.3) is 0 Å². The van der Waals surface area contributed by atoms with Crippen LogP contribution in [0.4, 0.5) is 5.69 Å². The van der Waals surface area contributed by atoms with Crippen molar-refractivity contribution >= 4 is 5.69 Å². The Labute approximate surface area is 136 Å². The fraction of sp³-hybridized carbons (Fsp3) is 0.368. The first-order valence-electron chi connectivity index (χ1n) is 8.20. The van der Waals surface area contributed by atoms with Gasteiger partial charge >= 0.3 is 0 Å². The lowest BCUT2D eigenvalue weighted by Crippen LogP contribution is -2.23. The number of ether oxygens (including phenoxy) is 3. The van der Waals surface area contributed by atoms with E-state index in [2.05, 4.69) is 25.2 Å². The van der Waals surface area contributed by atoms with E-state index >= 15 is 0 Å². The van der Waals surface area contributed by atoms with Gasteiger partial charge < -0.3 is 19.5 Å². The lowest BCUT2D eigenvalue weighted by molar-refractivity contribution is 0.0501. The molecule has 0 fully saturated rings. The molecule has 2 aliphatic heterocycles. The molecule has 2 aromatic carbocycles. The third-order valence-electron chi connectivity index (χ3n) is 4.39. The van der Waals surface area contributed by atoms with Crippen LogP contribution < -0.4 is 19.5 Å². The monoisotopic (exact) mass is 311 g/mol. The Bertz CT molecular complexity index is 742. The Morgan fingerprint density at radius 2 is 1.91 bits per heavy atom. The lowest BCUT2D eigenvalue weighted by atomic mass is 9.98. The molecule has 1 atom stereocenters. The standard InChI is InChI=1S/C19H21NO3/c1-3-14-13(5-7-16-19(14)20-8-9-21-16)11-18-22-15-6-4-12(2)10-17(15)23-18/h4-7,10,18,20H,3,8-9,11H2,1-2H3. The molecule has 1 unspecified atom stereocenters. The van der Waals surface area contributed by atoms with Gasteiger partial charge in [-0.25, -0.2) is 0 Å². The SMILES string of the molecule is CCc1c(CC2Oc3ccc(C)cc3O2)ccc2c1NCCO2. The number of aryl methyl sites for hydroxylation is 1. The minimum absolute atomic E-state index is 0.264. The van der Waals surface area contributed by atoms with E-state index < -0.39 is 0 Å². The molecule has 1 N–H and O–H groups in total. The van der Waals surface area contributed by atoms with Gasteiger partial charge in [0.15, 0.2) is 11.5 Å². The zero-order valence-corrected chi connectivity index (χ0v) is 13.5. The Balaban J connectivity index is 1.58. The normalized spacial score (nSPS) is 18.1. The van der Waals surface area contributed by atoms with Gasteiger partial charge in [0.25, 0.3) is 0 Å². The van der Waals surface area contributed by atoms with Crippen molar-refractivity contribution in [2.24, 2.45) is 0 Å². The molecule has 2 aliphatic rings. The first kappa shape index (κ1) is 14.2. The number of fused-ring (bicyclic) bond motifs is 2. The van der Waals surface area contributed by atoms with Gasteiger partial charge in [-0.15, -0.1) is 0 Å². The first-order chi connectivity index (χ1) is 11.2. The van der Waals surface area contributed by atoms with E-state index in [4.69, 9.17) is 14.2 Å². The largest absolute Gasteiger partial charge is 0.490 e. The molecule has 0 saturated heterocycles. The van der Waals surface area contributed by atoms with Crippen molar-refractivity contribution in [3.63, 3.8) is 0 Å². The average molecular weight is 311 g/mol. The van der Waals surface area contributed by atoms with E-state index in [-0.39, 0.29) is 6.29 Å². The van der Waals surface area contributed by atoms with Crippen molar-refractivity contribution in [3.05, 3.63) is 47.0 Å². The molecule has 23 heavy (non-hydrogen) atoms. The smallest absolute Gasteiger partial charge is 0.245 e. The highest BCUT2D eigenvalue weighted by Gasteiger charge is 2.26. The van der Waals surface area contributed by atoms with Gasteiger partial charge in [-0.1, -0.05) is 19.1 Å². The van der Waals surface area contributed by atoms with Crippen molar-refractivity contribution in [1.82, 2.24) is 0 Å². The predicted octanol–water partition coefficient (Wildman–Crippen LogP) is 3.70. The summed E-state index contributed by atoms with van der Waals surface area (Å²) in [5.41, 5.74) is 4.85. The summed E-state index contributed by atoms with van der Waals surface area (Å²) in [6, 6.07) is 10.2. The minimum Gasteiger partial charge on any atom is -0.490 e. The van der Waals surface area contributed by atoms with Gasteiger partial charge in [0.2, 0.25) is 6.29 Å². The van der Waals surface area contributed by atoms with Crippen LogP contribution in [-0.2, 0) is 12.8 Å². The van der Waals surface area contributed by atoms with Gasteiger partial charge in [0, 0.05) is 13.0 Å². The predicted molar refractivity (Wildman–Crippen MR) is 89.7 cm³/mol. The van der Waals surface area contributed by atoms with E-state index in [0.717, 1.165) is 48.9 Å². The minimum atomic E-state index is -0.264. The molecule has 120 valence electrons. The molecule has 2 aromatic rings. The number of hydrogen-bond donors (Lipinski definition) is 1. The maximum Gasteiger partial charge on any atom is 0.245 e. The summed E-state index contributed by atoms with van der Waals surface area (Å²) in [5, 5.41) is 3.47. The van der Waals surface area contributed by atoms with Gasteiger partial charge in [0.05, 0.1) is 5.69 Å². The second-order valence-corrected chi connectivity index (χ2v) is 6.02. The number of nitrogens with one attached hydrogen (secondary N) is 1. The summed E-state index contributed by atoms with van der Waals surface area (Å²) in [5.74, 6) is 2.62. The fourth-order valence-electron chi connectivity index (χ4n) is 3.29. The molecular weight excluding hydrogens is 290 g/mol. The maximum absolute atomic E-state index is 5.96. The molecule has 4 heteroatoms. The van der Waals surface area contributed by atoms with Gasteiger partial charge in [-0.3, -0.25) is 0 Å². The number of benzene rings is 2. The molecule has 0 bridgehead atoms. The molecule has 0 aromatic heterocycles. The number of anilines is 1. The van der Waals surface area contributed by atoms with Gasteiger partial charge in [-0.2, -0.15) is 0 Å². The quantitative estimate of drug-likeness (QED) is 0.938. The number of rotatable bonds is 3. The van der Waals surface area contributed by atoms with E-state index in [9.17, 15) is 0 Å². The summed E-state index contributed by atoms with van der Waals surface area (Å²) in [6.07, 6.45) is 1.42. The van der Waals surface area contributed by atoms with Crippen molar-refractivity contribution in [2.45, 2.75) is 33.0 Å². The molecule has 4 nitrogen and oxygen atoms in total. The highest BCUT2D eigenvalue weighted by molar-refractivity contribution is 5.65. The van der Waals surface area contributed by atoms with Crippen LogP contribution in [0, 0.1) is 6.92 Å². The first-order valence-corrected chi connectivity index (χ1v) is 8.20. The lowest BCUT2D eigenvalue weighted by Gasteiger charge is -2.24. The Hall–Kier alpha value is -2.36. The zero-order chi connectivity index (χ0) is 15.8. The average Bonchev–Trinajstić information content (AvgIpc) is 2.96. The van der Waals surface area contributed by atoms with Crippen LogP contribution in [0.1, 0.15) is 23.6 Å². The highest BCUT2D eigenvalue weighted by Crippen LogP contribution is 2.38. The molecule has 0 spiro atoms. The molecule has 0 radical (unpaired) electrons. The summed E-state index contributed by atoms with van der Waals surface area (Å²) in [4.78, 5) is 0. The van der Waals surface area contributed by atoms with Crippen LogP contribution in [0.2, 0.25) is 0 Å². The third kappa shape index (κ3) is 2.58. The van der Waals surface area contributed by atoms with Crippen LogP contribution in [0.15, 0.2) is 30.3 Å². The van der Waals surface area contributed by atoms with E-state index in [0.29, 0.717) is 0 Å². The summed E-state index contributed by atoms with van der Waals surface area (Å²) in [6.45, 7) is 5.80.